The van der Waals surface area contributed by atoms with Crippen molar-refractivity contribution in [1.82, 2.24) is 10.3 Å². The number of hydrogen-bond acceptors (Lipinski definition) is 4. The average molecular weight is 310 g/mol. The monoisotopic (exact) mass is 309 g/mol. The SMILES string of the molecule is Cc1nc(N(C)C2CCCC(C)C2)sc1CNC(C)(C)C. The minimum absolute atomic E-state index is 0.154. The van der Waals surface area contributed by atoms with Crippen molar-refractivity contribution in [2.75, 3.05) is 11.9 Å². The molecule has 1 fully saturated rings. The second-order valence-corrected chi connectivity index (χ2v) is 8.71. The van der Waals surface area contributed by atoms with E-state index in [1.54, 1.807) is 0 Å². The van der Waals surface area contributed by atoms with E-state index in [2.05, 4.69) is 51.9 Å². The van der Waals surface area contributed by atoms with E-state index in [9.17, 15) is 0 Å². The van der Waals surface area contributed by atoms with Crippen LogP contribution in [-0.2, 0) is 6.54 Å². The largest absolute Gasteiger partial charge is 0.348 e. The van der Waals surface area contributed by atoms with Crippen LogP contribution in [0.15, 0.2) is 0 Å². The van der Waals surface area contributed by atoms with Gasteiger partial charge in [-0.25, -0.2) is 4.98 Å². The molecule has 1 heterocycles. The van der Waals surface area contributed by atoms with Crippen LogP contribution in [0.4, 0.5) is 5.13 Å². The molecule has 3 nitrogen and oxygen atoms in total. The van der Waals surface area contributed by atoms with Gasteiger partial charge in [0.2, 0.25) is 0 Å². The summed E-state index contributed by atoms with van der Waals surface area (Å²) in [4.78, 5) is 8.61. The fourth-order valence-corrected chi connectivity index (χ4v) is 4.02. The Bertz CT molecular complexity index is 461. The smallest absolute Gasteiger partial charge is 0.185 e. The molecular weight excluding hydrogens is 278 g/mol. The predicted octanol–water partition coefficient (Wildman–Crippen LogP) is 4.35. The van der Waals surface area contributed by atoms with Crippen LogP contribution in [0.3, 0.4) is 0 Å². The van der Waals surface area contributed by atoms with Crippen LogP contribution in [0.25, 0.3) is 0 Å². The van der Waals surface area contributed by atoms with Crippen molar-refractivity contribution in [3.63, 3.8) is 0 Å². The second kappa shape index (κ2) is 6.66. The molecule has 21 heavy (non-hydrogen) atoms. The summed E-state index contributed by atoms with van der Waals surface area (Å²) in [5.41, 5.74) is 1.34. The van der Waals surface area contributed by atoms with Crippen molar-refractivity contribution in [2.24, 2.45) is 5.92 Å². The van der Waals surface area contributed by atoms with E-state index >= 15 is 0 Å². The van der Waals surface area contributed by atoms with Crippen molar-refractivity contribution >= 4 is 16.5 Å². The lowest BCUT2D eigenvalue weighted by atomic mass is 9.86. The molecule has 0 amide bonds. The molecule has 0 aromatic carbocycles. The maximum Gasteiger partial charge on any atom is 0.185 e. The number of nitrogens with zero attached hydrogens (tertiary/aromatic N) is 2. The summed E-state index contributed by atoms with van der Waals surface area (Å²) in [6.07, 6.45) is 5.38. The number of rotatable bonds is 4. The highest BCUT2D eigenvalue weighted by molar-refractivity contribution is 7.15. The molecule has 1 N–H and O–H groups in total. The van der Waals surface area contributed by atoms with Gasteiger partial charge >= 0.3 is 0 Å². The van der Waals surface area contributed by atoms with E-state index in [1.807, 2.05) is 11.3 Å². The summed E-state index contributed by atoms with van der Waals surface area (Å²) in [7, 11) is 2.22. The molecule has 0 bridgehead atoms. The van der Waals surface area contributed by atoms with E-state index in [0.717, 1.165) is 12.5 Å². The second-order valence-electron chi connectivity index (χ2n) is 7.65. The standard InChI is InChI=1S/C17H31N3S/c1-12-8-7-9-14(10-12)20(6)16-19-13(2)15(21-16)11-18-17(3,4)5/h12,14,18H,7-11H2,1-6H3. The van der Waals surface area contributed by atoms with Crippen LogP contribution >= 0.6 is 11.3 Å². The van der Waals surface area contributed by atoms with Crippen LogP contribution in [0.5, 0.6) is 0 Å². The molecular formula is C17H31N3S. The Morgan fingerprint density at radius 3 is 2.67 bits per heavy atom. The Kier molecular flexibility index (Phi) is 5.31. The Morgan fingerprint density at radius 2 is 2.05 bits per heavy atom. The van der Waals surface area contributed by atoms with E-state index < -0.39 is 0 Å². The van der Waals surface area contributed by atoms with Gasteiger partial charge in [0, 0.05) is 30.1 Å². The first-order valence-corrected chi connectivity index (χ1v) is 9.02. The van der Waals surface area contributed by atoms with Crippen LogP contribution in [0.2, 0.25) is 0 Å². The topological polar surface area (TPSA) is 28.2 Å². The first kappa shape index (κ1) is 16.8. The average Bonchev–Trinajstić information content (AvgIpc) is 2.76. The normalized spacial score (nSPS) is 23.3. The van der Waals surface area contributed by atoms with E-state index in [1.165, 1.54) is 41.4 Å². The van der Waals surface area contributed by atoms with Crippen molar-refractivity contribution in [1.29, 1.82) is 0 Å². The number of nitrogens with one attached hydrogen (secondary N) is 1. The van der Waals surface area contributed by atoms with E-state index in [4.69, 9.17) is 4.98 Å². The molecule has 1 aliphatic rings. The number of hydrogen-bond donors (Lipinski definition) is 1. The van der Waals surface area contributed by atoms with Crippen molar-refractivity contribution in [3.8, 4) is 0 Å². The molecule has 0 spiro atoms. The highest BCUT2D eigenvalue weighted by atomic mass is 32.1. The van der Waals surface area contributed by atoms with Gasteiger partial charge in [0.15, 0.2) is 5.13 Å². The summed E-state index contributed by atoms with van der Waals surface area (Å²) in [5.74, 6) is 0.856. The molecule has 2 unspecified atom stereocenters. The van der Waals surface area contributed by atoms with Crippen LogP contribution in [-0.4, -0.2) is 23.6 Å². The molecule has 0 radical (unpaired) electrons. The van der Waals surface area contributed by atoms with Gasteiger partial charge in [0.05, 0.1) is 5.69 Å². The maximum absolute atomic E-state index is 4.82. The summed E-state index contributed by atoms with van der Waals surface area (Å²) >= 11 is 1.86. The van der Waals surface area contributed by atoms with Gasteiger partial charge in [0.1, 0.15) is 0 Å². The Balaban J connectivity index is 2.03. The lowest BCUT2D eigenvalue weighted by Crippen LogP contribution is -2.35. The third-order valence-electron chi connectivity index (χ3n) is 4.42. The Hall–Kier alpha value is -0.610. The van der Waals surface area contributed by atoms with Crippen molar-refractivity contribution in [3.05, 3.63) is 10.6 Å². The minimum Gasteiger partial charge on any atom is -0.348 e. The first-order valence-electron chi connectivity index (χ1n) is 8.20. The molecule has 0 saturated heterocycles. The van der Waals surface area contributed by atoms with Crippen molar-refractivity contribution in [2.45, 2.75) is 78.4 Å². The van der Waals surface area contributed by atoms with Gasteiger partial charge in [0.25, 0.3) is 0 Å². The quantitative estimate of drug-likeness (QED) is 0.896. The third kappa shape index (κ3) is 4.68. The number of thiazole rings is 1. The first-order chi connectivity index (χ1) is 9.76. The van der Waals surface area contributed by atoms with Gasteiger partial charge in [-0.2, -0.15) is 0 Å². The lowest BCUT2D eigenvalue weighted by Gasteiger charge is -2.33. The maximum atomic E-state index is 4.82. The molecule has 2 rings (SSSR count). The molecule has 120 valence electrons. The number of anilines is 1. The zero-order valence-electron chi connectivity index (χ0n) is 14.5. The van der Waals surface area contributed by atoms with Gasteiger partial charge in [-0.15, -0.1) is 11.3 Å². The molecule has 4 heteroatoms. The van der Waals surface area contributed by atoms with Crippen LogP contribution in [0, 0.1) is 12.8 Å². The highest BCUT2D eigenvalue weighted by Gasteiger charge is 2.24. The molecule has 0 aliphatic heterocycles. The minimum atomic E-state index is 0.154. The number of aryl methyl sites for hydroxylation is 1. The lowest BCUT2D eigenvalue weighted by molar-refractivity contribution is 0.336. The van der Waals surface area contributed by atoms with Crippen LogP contribution in [0.1, 0.15) is 63.9 Å². The molecule has 2 atom stereocenters. The third-order valence-corrected chi connectivity index (χ3v) is 5.67. The zero-order valence-corrected chi connectivity index (χ0v) is 15.3. The highest BCUT2D eigenvalue weighted by Crippen LogP contribution is 2.32. The molecule has 1 aromatic heterocycles. The Morgan fingerprint density at radius 1 is 1.33 bits per heavy atom. The molecule has 1 aliphatic carbocycles. The fourth-order valence-electron chi connectivity index (χ4n) is 2.98. The molecule has 1 aromatic rings. The van der Waals surface area contributed by atoms with Crippen molar-refractivity contribution < 1.29 is 0 Å². The summed E-state index contributed by atoms with van der Waals surface area (Å²) in [5, 5.41) is 4.76. The molecule has 1 saturated carbocycles. The van der Waals surface area contributed by atoms with Gasteiger partial charge in [-0.05, 0) is 46.5 Å². The fraction of sp³-hybridized carbons (Fsp3) is 0.824. The van der Waals surface area contributed by atoms with Gasteiger partial charge in [-0.3, -0.25) is 0 Å². The predicted molar refractivity (Wildman–Crippen MR) is 93.3 cm³/mol. The van der Waals surface area contributed by atoms with E-state index in [0.29, 0.717) is 6.04 Å². The van der Waals surface area contributed by atoms with Gasteiger partial charge < -0.3 is 10.2 Å². The van der Waals surface area contributed by atoms with E-state index in [-0.39, 0.29) is 5.54 Å². The summed E-state index contributed by atoms with van der Waals surface area (Å²) < 4.78 is 0. The van der Waals surface area contributed by atoms with Gasteiger partial charge in [-0.1, -0.05) is 19.8 Å². The Labute approximate surface area is 134 Å². The van der Waals surface area contributed by atoms with Crippen LogP contribution < -0.4 is 10.2 Å². The summed E-state index contributed by atoms with van der Waals surface area (Å²) in [6, 6.07) is 0.669. The zero-order chi connectivity index (χ0) is 15.6. The summed E-state index contributed by atoms with van der Waals surface area (Å²) in [6.45, 7) is 12.1. The number of aromatic nitrogens is 1.